The van der Waals surface area contributed by atoms with Crippen LogP contribution in [-0.2, 0) is 25.3 Å². The molecule has 7 rings (SSSR count). The van der Waals surface area contributed by atoms with Gasteiger partial charge in [-0.25, -0.2) is 4.79 Å². The molecule has 3 aromatic heterocycles. The number of nitrogens with zero attached hydrogens (tertiary/aromatic N) is 5. The van der Waals surface area contributed by atoms with Gasteiger partial charge in [0.05, 0.1) is 41.2 Å². The van der Waals surface area contributed by atoms with Crippen molar-refractivity contribution in [3.8, 4) is 22.6 Å². The summed E-state index contributed by atoms with van der Waals surface area (Å²) in [5, 5.41) is 18.3. The fraction of sp³-hybridized carbons (Fsp3) is 0.325. The average molecular weight is 743 g/mol. The van der Waals surface area contributed by atoms with Gasteiger partial charge < -0.3 is 28.6 Å². The lowest BCUT2D eigenvalue weighted by atomic mass is 9.98. The molecule has 10 nitrogen and oxygen atoms in total. The van der Waals surface area contributed by atoms with Gasteiger partial charge in [-0.3, -0.25) is 9.48 Å². The number of aromatic hydroxyl groups is 1. The lowest BCUT2D eigenvalue weighted by Gasteiger charge is -2.35. The van der Waals surface area contributed by atoms with E-state index in [1.54, 1.807) is 34.7 Å². The van der Waals surface area contributed by atoms with Gasteiger partial charge in [-0.1, -0.05) is 29.3 Å². The van der Waals surface area contributed by atoms with Crippen LogP contribution in [0.1, 0.15) is 68.4 Å². The largest absolute Gasteiger partial charge is 0.507 e. The molecule has 1 amide bonds. The summed E-state index contributed by atoms with van der Waals surface area (Å²) in [5.74, 6) is 0.0234. The zero-order valence-corrected chi connectivity index (χ0v) is 32.0. The van der Waals surface area contributed by atoms with Gasteiger partial charge in [0.15, 0.2) is 0 Å². The molecular weight excluding hydrogens is 701 g/mol. The Morgan fingerprint density at radius 1 is 0.981 bits per heavy atom. The number of benzene rings is 3. The van der Waals surface area contributed by atoms with Crippen molar-refractivity contribution in [2.75, 3.05) is 25.2 Å². The van der Waals surface area contributed by atoms with Crippen LogP contribution in [0.2, 0.25) is 10.0 Å². The normalized spacial score (nSPS) is 14.5. The van der Waals surface area contributed by atoms with Gasteiger partial charge in [-0.05, 0) is 101 Å². The van der Waals surface area contributed by atoms with Gasteiger partial charge >= 0.3 is 5.97 Å². The number of esters is 1. The molecule has 3 aromatic carbocycles. The standard InChI is InChI=1S/C40H41Cl2N5O5/c1-20-16-25(17-21(2)35(20)42)52-15-9-10-26-27-11-12-29(41)34(33-23(4)43-45(7)24(33)5)37(27)47-22(3)19-46(39(49)38(26)47)30-13-14-32(48)28-18-31(40(50)51-8)44(6)36(28)30/h11-14,16-18,22,48H,9-10,15,19H2,1-8H3/t22-/m1/s1. The minimum Gasteiger partial charge on any atom is -0.507 e. The molecule has 52 heavy (non-hydrogen) atoms. The number of anilines is 1. The average Bonchev–Trinajstić information content (AvgIpc) is 3.72. The van der Waals surface area contributed by atoms with Crippen molar-refractivity contribution in [3.05, 3.63) is 92.0 Å². The first kappa shape index (κ1) is 35.5. The zero-order valence-electron chi connectivity index (χ0n) is 30.5. The number of aromatic nitrogens is 4. The fourth-order valence-corrected chi connectivity index (χ4v) is 8.25. The second kappa shape index (κ2) is 13.2. The van der Waals surface area contributed by atoms with E-state index in [2.05, 4.69) is 11.5 Å². The molecule has 0 bridgehead atoms. The highest BCUT2D eigenvalue weighted by atomic mass is 35.5. The summed E-state index contributed by atoms with van der Waals surface area (Å²) >= 11 is 13.5. The first-order valence-corrected chi connectivity index (χ1v) is 18.0. The number of hydrogen-bond acceptors (Lipinski definition) is 6. The molecule has 1 aliphatic rings. The minimum absolute atomic E-state index is 0.00406. The summed E-state index contributed by atoms with van der Waals surface area (Å²) in [6, 6.07) is 12.5. The molecule has 0 unspecified atom stereocenters. The Morgan fingerprint density at radius 2 is 1.69 bits per heavy atom. The number of fused-ring (bicyclic) bond motifs is 4. The molecule has 0 radical (unpaired) electrons. The Kier molecular flexibility index (Phi) is 9.03. The Labute approximate surface area is 312 Å². The third-order valence-electron chi connectivity index (χ3n) is 10.4. The van der Waals surface area contributed by atoms with Crippen molar-refractivity contribution < 1.29 is 24.2 Å². The van der Waals surface area contributed by atoms with Crippen molar-refractivity contribution in [3.63, 3.8) is 0 Å². The Bertz CT molecular complexity index is 2430. The zero-order chi connectivity index (χ0) is 37.3. The van der Waals surface area contributed by atoms with E-state index in [-0.39, 0.29) is 23.4 Å². The molecule has 1 N–H and O–H groups in total. The number of rotatable bonds is 8. The highest BCUT2D eigenvalue weighted by Gasteiger charge is 2.38. The van der Waals surface area contributed by atoms with Gasteiger partial charge in [-0.2, -0.15) is 5.10 Å². The molecule has 0 aliphatic carbocycles. The summed E-state index contributed by atoms with van der Waals surface area (Å²) in [4.78, 5) is 29.5. The molecule has 0 saturated carbocycles. The van der Waals surface area contributed by atoms with E-state index in [0.29, 0.717) is 53.3 Å². The van der Waals surface area contributed by atoms with Crippen LogP contribution < -0.4 is 9.64 Å². The number of amides is 1. The monoisotopic (exact) mass is 741 g/mol. The number of phenols is 1. The molecule has 0 spiro atoms. The highest BCUT2D eigenvalue weighted by molar-refractivity contribution is 6.35. The molecule has 6 aromatic rings. The van der Waals surface area contributed by atoms with Gasteiger partial charge in [0.1, 0.15) is 22.9 Å². The molecular formula is C40H41Cl2N5O5. The van der Waals surface area contributed by atoms with E-state index in [9.17, 15) is 9.90 Å². The summed E-state index contributed by atoms with van der Waals surface area (Å²) in [6.45, 7) is 10.8. The van der Waals surface area contributed by atoms with Crippen molar-refractivity contribution in [1.82, 2.24) is 18.9 Å². The fourth-order valence-electron chi connectivity index (χ4n) is 7.89. The predicted molar refractivity (Wildman–Crippen MR) is 206 cm³/mol. The van der Waals surface area contributed by atoms with Gasteiger partial charge in [0, 0.05) is 59.3 Å². The lowest BCUT2D eigenvalue weighted by molar-refractivity contribution is 0.0590. The van der Waals surface area contributed by atoms with Crippen LogP contribution in [0.3, 0.4) is 0 Å². The van der Waals surface area contributed by atoms with Gasteiger partial charge in [0.2, 0.25) is 0 Å². The van der Waals surface area contributed by atoms with Crippen LogP contribution in [0.15, 0.2) is 42.5 Å². The van der Waals surface area contributed by atoms with Crippen LogP contribution in [0.5, 0.6) is 11.5 Å². The number of methoxy groups -OCH3 is 1. The van der Waals surface area contributed by atoms with Crippen LogP contribution in [0.25, 0.3) is 32.9 Å². The first-order valence-electron chi connectivity index (χ1n) is 17.2. The smallest absolute Gasteiger partial charge is 0.354 e. The summed E-state index contributed by atoms with van der Waals surface area (Å²) < 4.78 is 16.9. The third-order valence-corrected chi connectivity index (χ3v) is 11.3. The van der Waals surface area contributed by atoms with E-state index in [1.807, 2.05) is 63.7 Å². The van der Waals surface area contributed by atoms with E-state index >= 15 is 4.79 Å². The van der Waals surface area contributed by atoms with E-state index in [4.69, 9.17) is 37.8 Å². The number of hydrogen-bond donors (Lipinski definition) is 1. The molecule has 270 valence electrons. The van der Waals surface area contributed by atoms with Crippen molar-refractivity contribution in [2.24, 2.45) is 14.1 Å². The van der Waals surface area contributed by atoms with E-state index < -0.39 is 5.97 Å². The number of aryl methyl sites for hydroxylation is 6. The Morgan fingerprint density at radius 3 is 2.35 bits per heavy atom. The van der Waals surface area contributed by atoms with Crippen LogP contribution >= 0.6 is 23.2 Å². The third kappa shape index (κ3) is 5.51. The number of carbonyl (C=O) groups excluding carboxylic acids is 2. The number of halogens is 2. The topological polar surface area (TPSA) is 104 Å². The second-order valence-corrected chi connectivity index (χ2v) is 14.5. The molecule has 1 aliphatic heterocycles. The first-order chi connectivity index (χ1) is 24.7. The molecule has 12 heteroatoms. The maximum absolute atomic E-state index is 15.1. The maximum Gasteiger partial charge on any atom is 0.354 e. The molecule has 4 heterocycles. The highest BCUT2D eigenvalue weighted by Crippen LogP contribution is 2.46. The summed E-state index contributed by atoms with van der Waals surface area (Å²) in [5.41, 5.74) is 9.29. The van der Waals surface area contributed by atoms with Crippen molar-refractivity contribution in [2.45, 2.75) is 53.5 Å². The maximum atomic E-state index is 15.1. The second-order valence-electron chi connectivity index (χ2n) is 13.7. The Hall–Kier alpha value is -4.93. The summed E-state index contributed by atoms with van der Waals surface area (Å²) in [6.07, 6.45) is 1.20. The van der Waals surface area contributed by atoms with Crippen molar-refractivity contribution >= 4 is 62.6 Å². The number of carbonyl (C=O) groups is 2. The lowest BCUT2D eigenvalue weighted by Crippen LogP contribution is -2.43. The van der Waals surface area contributed by atoms with E-state index in [0.717, 1.165) is 60.9 Å². The molecule has 0 saturated heterocycles. The van der Waals surface area contributed by atoms with E-state index in [1.165, 1.54) is 7.11 Å². The molecule has 0 fully saturated rings. The SMILES string of the molecule is COC(=O)c1cc2c(O)ccc(N3C[C@@H](C)n4c(c(CCCOc5cc(C)c(Cl)c(C)c5)c5ccc(Cl)c(-c6c(C)nn(C)c6C)c54)C3=O)c2n1C. The quantitative estimate of drug-likeness (QED) is 0.124. The van der Waals surface area contributed by atoms with Gasteiger partial charge in [-0.15, -0.1) is 0 Å². The molecule has 1 atom stereocenters. The number of ether oxygens (including phenoxy) is 2. The van der Waals surface area contributed by atoms with Crippen LogP contribution in [0, 0.1) is 27.7 Å². The predicted octanol–water partition coefficient (Wildman–Crippen LogP) is 8.80. The van der Waals surface area contributed by atoms with Crippen LogP contribution in [-0.4, -0.2) is 56.2 Å². The minimum atomic E-state index is -0.540. The van der Waals surface area contributed by atoms with Crippen LogP contribution in [0.4, 0.5) is 5.69 Å². The van der Waals surface area contributed by atoms with Crippen molar-refractivity contribution in [1.29, 1.82) is 0 Å². The summed E-state index contributed by atoms with van der Waals surface area (Å²) in [7, 11) is 4.96. The number of phenolic OH excluding ortho intramolecular Hbond substituents is 1. The van der Waals surface area contributed by atoms with Gasteiger partial charge in [0.25, 0.3) is 5.91 Å². The Balaban J connectivity index is 1.39.